The highest BCUT2D eigenvalue weighted by Gasteiger charge is 2.11. The molecule has 0 unspecified atom stereocenters. The van der Waals surface area contributed by atoms with Gasteiger partial charge in [0.2, 0.25) is 0 Å². The number of hydrogen-bond donors (Lipinski definition) is 1. The normalized spacial score (nSPS) is 10.2. The Morgan fingerprint density at radius 1 is 1.33 bits per heavy atom. The summed E-state index contributed by atoms with van der Waals surface area (Å²) in [4.78, 5) is 0. The van der Waals surface area contributed by atoms with Crippen molar-refractivity contribution in [3.63, 3.8) is 0 Å². The van der Waals surface area contributed by atoms with Gasteiger partial charge in [0.05, 0.1) is 12.2 Å². The Balaban J connectivity index is 2.42. The zero-order valence-electron chi connectivity index (χ0n) is 8.30. The van der Waals surface area contributed by atoms with Crippen LogP contribution in [-0.4, -0.2) is 16.8 Å². The molecule has 0 amide bonds. The molecule has 5 nitrogen and oxygen atoms in total. The van der Waals surface area contributed by atoms with Crippen molar-refractivity contribution in [2.24, 2.45) is 0 Å². The van der Waals surface area contributed by atoms with Gasteiger partial charge in [-0.25, -0.2) is 0 Å². The predicted octanol–water partition coefficient (Wildman–Crippen LogP) is 1.72. The Morgan fingerprint density at radius 3 is 2.80 bits per heavy atom. The Bertz CT molecular complexity index is 453. The van der Waals surface area contributed by atoms with Gasteiger partial charge in [-0.1, -0.05) is 17.2 Å². The molecule has 15 heavy (non-hydrogen) atoms. The van der Waals surface area contributed by atoms with Gasteiger partial charge in [0, 0.05) is 0 Å². The van der Waals surface area contributed by atoms with E-state index >= 15 is 0 Å². The summed E-state index contributed by atoms with van der Waals surface area (Å²) in [7, 11) is 0. The molecule has 1 aromatic carbocycles. The molecule has 2 N–H and O–H groups in total. The van der Waals surface area contributed by atoms with Gasteiger partial charge in [0.25, 0.3) is 5.89 Å². The van der Waals surface area contributed by atoms with Crippen molar-refractivity contribution in [2.45, 2.75) is 6.92 Å². The maximum atomic E-state index is 5.43. The van der Waals surface area contributed by atoms with Crippen molar-refractivity contribution < 1.29 is 9.15 Å². The second kappa shape index (κ2) is 4.00. The summed E-state index contributed by atoms with van der Waals surface area (Å²) in [6, 6.07) is 7.50. The first-order chi connectivity index (χ1) is 7.31. The van der Waals surface area contributed by atoms with Gasteiger partial charge in [-0.05, 0) is 19.1 Å². The Kier molecular flexibility index (Phi) is 2.53. The van der Waals surface area contributed by atoms with Crippen molar-refractivity contribution in [1.82, 2.24) is 10.2 Å². The molecular formula is C10H11N3O2. The average Bonchev–Trinajstić information content (AvgIpc) is 2.66. The van der Waals surface area contributed by atoms with Crippen molar-refractivity contribution in [3.05, 3.63) is 24.3 Å². The maximum Gasteiger partial charge on any atom is 0.313 e. The van der Waals surface area contributed by atoms with Crippen LogP contribution in [-0.2, 0) is 0 Å². The van der Waals surface area contributed by atoms with Gasteiger partial charge in [0.15, 0.2) is 0 Å². The van der Waals surface area contributed by atoms with Gasteiger partial charge in [-0.15, -0.1) is 5.10 Å². The summed E-state index contributed by atoms with van der Waals surface area (Å²) in [6.07, 6.45) is 0. The summed E-state index contributed by atoms with van der Waals surface area (Å²) in [5, 5.41) is 7.41. The number of rotatable bonds is 3. The molecule has 0 saturated carbocycles. The van der Waals surface area contributed by atoms with E-state index in [1.807, 2.05) is 31.2 Å². The van der Waals surface area contributed by atoms with Crippen LogP contribution in [0.4, 0.5) is 6.01 Å². The second-order valence-electron chi connectivity index (χ2n) is 2.87. The van der Waals surface area contributed by atoms with E-state index < -0.39 is 0 Å². The van der Waals surface area contributed by atoms with Crippen LogP contribution in [0.1, 0.15) is 6.92 Å². The van der Waals surface area contributed by atoms with Crippen LogP contribution in [0.5, 0.6) is 5.75 Å². The molecule has 0 bridgehead atoms. The number of benzene rings is 1. The van der Waals surface area contributed by atoms with E-state index in [1.54, 1.807) is 0 Å². The monoisotopic (exact) mass is 205 g/mol. The number of aromatic nitrogens is 2. The molecular weight excluding hydrogens is 194 g/mol. The molecule has 0 spiro atoms. The summed E-state index contributed by atoms with van der Waals surface area (Å²) < 4.78 is 10.6. The fourth-order valence-electron chi connectivity index (χ4n) is 1.27. The second-order valence-corrected chi connectivity index (χ2v) is 2.87. The third-order valence-corrected chi connectivity index (χ3v) is 1.86. The van der Waals surface area contributed by atoms with Crippen molar-refractivity contribution >= 4 is 6.01 Å². The van der Waals surface area contributed by atoms with E-state index in [-0.39, 0.29) is 6.01 Å². The first kappa shape index (κ1) is 9.51. The van der Waals surface area contributed by atoms with Crippen LogP contribution in [0.15, 0.2) is 28.7 Å². The van der Waals surface area contributed by atoms with Gasteiger partial charge in [-0.3, -0.25) is 0 Å². The van der Waals surface area contributed by atoms with Crippen molar-refractivity contribution in [3.8, 4) is 17.2 Å². The molecule has 1 aromatic heterocycles. The Hall–Kier alpha value is -2.04. The maximum absolute atomic E-state index is 5.43. The van der Waals surface area contributed by atoms with E-state index in [1.165, 1.54) is 0 Å². The highest BCUT2D eigenvalue weighted by atomic mass is 16.5. The average molecular weight is 205 g/mol. The van der Waals surface area contributed by atoms with E-state index in [2.05, 4.69) is 10.2 Å². The molecule has 0 aliphatic rings. The zero-order valence-corrected chi connectivity index (χ0v) is 8.30. The number of nitrogens with two attached hydrogens (primary N) is 1. The fourth-order valence-corrected chi connectivity index (χ4v) is 1.27. The third kappa shape index (κ3) is 1.90. The topological polar surface area (TPSA) is 74.2 Å². The number of nitrogen functional groups attached to an aromatic ring is 1. The lowest BCUT2D eigenvalue weighted by Crippen LogP contribution is -1.93. The standard InChI is InChI=1S/C10H11N3O2/c1-2-14-8-6-4-3-5-7(8)9-12-13-10(11)15-9/h3-6H,2H2,1H3,(H2,11,13). The molecule has 78 valence electrons. The largest absolute Gasteiger partial charge is 0.493 e. The fraction of sp³-hybridized carbons (Fsp3) is 0.200. The molecule has 0 aliphatic heterocycles. The van der Waals surface area contributed by atoms with Gasteiger partial charge < -0.3 is 14.9 Å². The quantitative estimate of drug-likeness (QED) is 0.825. The van der Waals surface area contributed by atoms with Gasteiger partial charge in [-0.2, -0.15) is 0 Å². The first-order valence-electron chi connectivity index (χ1n) is 4.62. The van der Waals surface area contributed by atoms with Crippen LogP contribution in [0, 0.1) is 0 Å². The molecule has 0 saturated heterocycles. The third-order valence-electron chi connectivity index (χ3n) is 1.86. The lowest BCUT2D eigenvalue weighted by Gasteiger charge is -2.05. The molecule has 2 aromatic rings. The number of para-hydroxylation sites is 1. The summed E-state index contributed by atoms with van der Waals surface area (Å²) >= 11 is 0. The molecule has 0 radical (unpaired) electrons. The van der Waals surface area contributed by atoms with Crippen molar-refractivity contribution in [1.29, 1.82) is 0 Å². The van der Waals surface area contributed by atoms with E-state index in [0.717, 1.165) is 5.56 Å². The minimum absolute atomic E-state index is 0.0521. The molecule has 0 fully saturated rings. The van der Waals surface area contributed by atoms with E-state index in [9.17, 15) is 0 Å². The molecule has 5 heteroatoms. The summed E-state index contributed by atoms with van der Waals surface area (Å²) in [6.45, 7) is 2.50. The summed E-state index contributed by atoms with van der Waals surface area (Å²) in [5.41, 5.74) is 6.11. The molecule has 2 rings (SSSR count). The van der Waals surface area contributed by atoms with Gasteiger partial charge >= 0.3 is 6.01 Å². The minimum atomic E-state index is 0.0521. The molecule has 1 heterocycles. The van der Waals surface area contributed by atoms with E-state index in [4.69, 9.17) is 14.9 Å². The Labute approximate surface area is 86.9 Å². The SMILES string of the molecule is CCOc1ccccc1-c1nnc(N)o1. The van der Waals surface area contributed by atoms with Crippen LogP contribution in [0.25, 0.3) is 11.5 Å². The van der Waals surface area contributed by atoms with Crippen LogP contribution in [0.2, 0.25) is 0 Å². The zero-order chi connectivity index (χ0) is 10.7. The smallest absolute Gasteiger partial charge is 0.313 e. The molecule has 0 aliphatic carbocycles. The number of hydrogen-bond acceptors (Lipinski definition) is 5. The predicted molar refractivity (Wildman–Crippen MR) is 55.3 cm³/mol. The number of anilines is 1. The first-order valence-corrected chi connectivity index (χ1v) is 4.62. The van der Waals surface area contributed by atoms with E-state index in [0.29, 0.717) is 18.2 Å². The lowest BCUT2D eigenvalue weighted by molar-refractivity contribution is 0.340. The highest BCUT2D eigenvalue weighted by Crippen LogP contribution is 2.28. The van der Waals surface area contributed by atoms with Crippen LogP contribution in [0.3, 0.4) is 0 Å². The van der Waals surface area contributed by atoms with Crippen molar-refractivity contribution in [2.75, 3.05) is 12.3 Å². The highest BCUT2D eigenvalue weighted by molar-refractivity contribution is 5.62. The Morgan fingerprint density at radius 2 is 2.13 bits per heavy atom. The van der Waals surface area contributed by atoms with Crippen LogP contribution >= 0.6 is 0 Å². The number of ether oxygens (including phenoxy) is 1. The van der Waals surface area contributed by atoms with Gasteiger partial charge in [0.1, 0.15) is 5.75 Å². The number of nitrogens with zero attached hydrogens (tertiary/aromatic N) is 2. The van der Waals surface area contributed by atoms with Crippen LogP contribution < -0.4 is 10.5 Å². The minimum Gasteiger partial charge on any atom is -0.493 e. The lowest BCUT2D eigenvalue weighted by atomic mass is 10.2. The summed E-state index contributed by atoms with van der Waals surface area (Å²) in [5.74, 6) is 1.08. The molecule has 0 atom stereocenters.